The summed E-state index contributed by atoms with van der Waals surface area (Å²) in [7, 11) is 0. The maximum absolute atomic E-state index is 14.0. The normalized spacial score (nSPS) is 20.9. The highest BCUT2D eigenvalue weighted by Crippen LogP contribution is 2.26. The van der Waals surface area contributed by atoms with Crippen LogP contribution < -0.4 is 5.32 Å². The van der Waals surface area contributed by atoms with Crippen LogP contribution in [-0.2, 0) is 6.54 Å². The second-order valence-corrected chi connectivity index (χ2v) is 7.08. The average Bonchev–Trinajstić information content (AvgIpc) is 3.31. The van der Waals surface area contributed by atoms with Crippen LogP contribution in [0.2, 0.25) is 0 Å². The number of halogens is 3. The van der Waals surface area contributed by atoms with Gasteiger partial charge in [-0.2, -0.15) is 0 Å². The van der Waals surface area contributed by atoms with Crippen molar-refractivity contribution in [3.63, 3.8) is 0 Å². The van der Waals surface area contributed by atoms with E-state index in [0.29, 0.717) is 16.9 Å². The highest BCUT2D eigenvalue weighted by Gasteiger charge is 2.25. The van der Waals surface area contributed by atoms with Gasteiger partial charge in [0, 0.05) is 18.2 Å². The summed E-state index contributed by atoms with van der Waals surface area (Å²) in [5.74, 6) is -0.209. The van der Waals surface area contributed by atoms with Crippen LogP contribution in [0, 0.1) is 17.6 Å². The first-order valence-corrected chi connectivity index (χ1v) is 8.51. The Hall–Kier alpha value is -0.520. The lowest BCUT2D eigenvalue weighted by Gasteiger charge is -2.32. The second kappa shape index (κ2) is 6.71. The SMILES string of the molecule is Fc1ccc(Br)c(F)c1CN1CCC(CNC2CC2)CC1. The first-order valence-electron chi connectivity index (χ1n) is 7.71. The van der Waals surface area contributed by atoms with Crippen LogP contribution in [0.15, 0.2) is 16.6 Å². The maximum Gasteiger partial charge on any atom is 0.144 e. The van der Waals surface area contributed by atoms with Crippen LogP contribution in [-0.4, -0.2) is 30.6 Å². The summed E-state index contributed by atoms with van der Waals surface area (Å²) in [4.78, 5) is 2.15. The van der Waals surface area contributed by atoms with Gasteiger partial charge >= 0.3 is 0 Å². The monoisotopic (exact) mass is 358 g/mol. The molecule has 1 saturated heterocycles. The van der Waals surface area contributed by atoms with Gasteiger partial charge in [-0.25, -0.2) is 8.78 Å². The number of hydrogen-bond acceptors (Lipinski definition) is 2. The minimum atomic E-state index is -0.465. The molecule has 116 valence electrons. The van der Waals surface area contributed by atoms with Crippen molar-refractivity contribution in [1.82, 2.24) is 10.2 Å². The van der Waals surface area contributed by atoms with Crippen molar-refractivity contribution in [2.24, 2.45) is 5.92 Å². The van der Waals surface area contributed by atoms with E-state index in [1.54, 1.807) is 0 Å². The lowest BCUT2D eigenvalue weighted by Crippen LogP contribution is -2.37. The van der Waals surface area contributed by atoms with Crippen molar-refractivity contribution < 1.29 is 8.78 Å². The molecule has 0 unspecified atom stereocenters. The van der Waals surface area contributed by atoms with E-state index < -0.39 is 11.6 Å². The molecule has 0 bridgehead atoms. The van der Waals surface area contributed by atoms with Gasteiger partial charge in [0.25, 0.3) is 0 Å². The average molecular weight is 359 g/mol. The van der Waals surface area contributed by atoms with E-state index in [4.69, 9.17) is 0 Å². The molecule has 1 saturated carbocycles. The summed E-state index contributed by atoms with van der Waals surface area (Å²) in [6.45, 7) is 3.29. The van der Waals surface area contributed by atoms with Crippen molar-refractivity contribution in [3.05, 3.63) is 33.8 Å². The quantitative estimate of drug-likeness (QED) is 0.807. The van der Waals surface area contributed by atoms with Crippen LogP contribution >= 0.6 is 15.9 Å². The Labute approximate surface area is 133 Å². The number of nitrogens with one attached hydrogen (secondary N) is 1. The molecule has 21 heavy (non-hydrogen) atoms. The highest BCUT2D eigenvalue weighted by atomic mass is 79.9. The Kier molecular flexibility index (Phi) is 4.92. The van der Waals surface area contributed by atoms with E-state index in [1.165, 1.54) is 25.0 Å². The number of likely N-dealkylation sites (tertiary alicyclic amines) is 1. The molecule has 0 radical (unpaired) electrons. The third kappa shape index (κ3) is 4.02. The van der Waals surface area contributed by atoms with Crippen molar-refractivity contribution in [2.75, 3.05) is 19.6 Å². The Morgan fingerprint density at radius 2 is 1.86 bits per heavy atom. The van der Waals surface area contributed by atoms with E-state index in [2.05, 4.69) is 26.1 Å². The fourth-order valence-electron chi connectivity index (χ4n) is 2.91. The molecular weight excluding hydrogens is 338 g/mol. The van der Waals surface area contributed by atoms with Crippen molar-refractivity contribution in [1.29, 1.82) is 0 Å². The molecular formula is C16H21BrF2N2. The summed E-state index contributed by atoms with van der Waals surface area (Å²) in [6, 6.07) is 3.51. The fraction of sp³-hybridized carbons (Fsp3) is 0.625. The molecule has 0 amide bonds. The highest BCUT2D eigenvalue weighted by molar-refractivity contribution is 9.10. The van der Waals surface area contributed by atoms with Crippen molar-refractivity contribution in [2.45, 2.75) is 38.3 Å². The van der Waals surface area contributed by atoms with E-state index in [0.717, 1.165) is 38.5 Å². The Morgan fingerprint density at radius 3 is 2.52 bits per heavy atom. The van der Waals surface area contributed by atoms with Crippen LogP contribution in [0.3, 0.4) is 0 Å². The first-order chi connectivity index (χ1) is 10.1. The molecule has 2 aliphatic rings. The summed E-state index contributed by atoms with van der Waals surface area (Å²) >= 11 is 3.13. The minimum absolute atomic E-state index is 0.180. The maximum atomic E-state index is 14.0. The Balaban J connectivity index is 1.51. The Morgan fingerprint density at radius 1 is 1.14 bits per heavy atom. The van der Waals surface area contributed by atoms with Gasteiger partial charge in [0.05, 0.1) is 4.47 Å². The fourth-order valence-corrected chi connectivity index (χ4v) is 3.28. The molecule has 5 heteroatoms. The predicted molar refractivity (Wildman–Crippen MR) is 83.1 cm³/mol. The van der Waals surface area contributed by atoms with Gasteiger partial charge in [0.15, 0.2) is 0 Å². The summed E-state index contributed by atoms with van der Waals surface area (Å²) in [5.41, 5.74) is 0.180. The number of piperidine rings is 1. The summed E-state index contributed by atoms with van der Waals surface area (Å²) in [5, 5.41) is 3.57. The molecule has 0 aromatic heterocycles. The second-order valence-electron chi connectivity index (χ2n) is 6.22. The topological polar surface area (TPSA) is 15.3 Å². The van der Waals surface area contributed by atoms with Crippen LogP contribution in [0.4, 0.5) is 8.78 Å². The van der Waals surface area contributed by atoms with Gasteiger partial charge < -0.3 is 5.32 Å². The smallest absolute Gasteiger partial charge is 0.144 e. The van der Waals surface area contributed by atoms with E-state index in [-0.39, 0.29) is 5.56 Å². The van der Waals surface area contributed by atoms with Crippen LogP contribution in [0.5, 0.6) is 0 Å². The molecule has 1 aromatic rings. The zero-order valence-corrected chi connectivity index (χ0v) is 13.6. The number of nitrogens with zero attached hydrogens (tertiary/aromatic N) is 1. The van der Waals surface area contributed by atoms with Gasteiger partial charge in [0.1, 0.15) is 11.6 Å². The molecule has 0 atom stereocenters. The van der Waals surface area contributed by atoms with Crippen LogP contribution in [0.1, 0.15) is 31.2 Å². The lowest BCUT2D eigenvalue weighted by molar-refractivity contribution is 0.171. The van der Waals surface area contributed by atoms with Crippen molar-refractivity contribution >= 4 is 15.9 Å². The predicted octanol–water partition coefficient (Wildman–Crippen LogP) is 3.69. The van der Waals surface area contributed by atoms with E-state index in [9.17, 15) is 8.78 Å². The first kappa shape index (κ1) is 15.4. The number of hydrogen-bond donors (Lipinski definition) is 1. The molecule has 0 spiro atoms. The molecule has 1 heterocycles. The van der Waals surface area contributed by atoms with Gasteiger partial charge in [-0.05, 0) is 79.3 Å². The van der Waals surface area contributed by atoms with Crippen LogP contribution in [0.25, 0.3) is 0 Å². The molecule has 1 N–H and O–H groups in total. The number of benzene rings is 1. The molecule has 2 nitrogen and oxygen atoms in total. The minimum Gasteiger partial charge on any atom is -0.314 e. The molecule has 1 aromatic carbocycles. The third-order valence-electron chi connectivity index (χ3n) is 4.50. The largest absolute Gasteiger partial charge is 0.314 e. The molecule has 1 aliphatic carbocycles. The van der Waals surface area contributed by atoms with Gasteiger partial charge in [0.2, 0.25) is 0 Å². The van der Waals surface area contributed by atoms with Gasteiger partial charge in [-0.3, -0.25) is 4.90 Å². The van der Waals surface area contributed by atoms with Gasteiger partial charge in [-0.1, -0.05) is 0 Å². The van der Waals surface area contributed by atoms with E-state index >= 15 is 0 Å². The summed E-state index contributed by atoms with van der Waals surface area (Å²) in [6.07, 6.45) is 4.86. The zero-order chi connectivity index (χ0) is 14.8. The Bertz CT molecular complexity index is 497. The van der Waals surface area contributed by atoms with E-state index in [1.807, 2.05) is 0 Å². The standard InChI is InChI=1S/C16H21BrF2N2/c17-14-3-4-15(18)13(16(14)19)10-21-7-5-11(6-8-21)9-20-12-1-2-12/h3-4,11-12,20H,1-2,5-10H2. The van der Waals surface area contributed by atoms with Gasteiger partial charge in [-0.15, -0.1) is 0 Å². The molecule has 3 rings (SSSR count). The zero-order valence-electron chi connectivity index (χ0n) is 12.0. The summed E-state index contributed by atoms with van der Waals surface area (Å²) < 4.78 is 28.1. The lowest BCUT2D eigenvalue weighted by atomic mass is 9.96. The third-order valence-corrected chi connectivity index (χ3v) is 5.11. The number of rotatable bonds is 5. The molecule has 1 aliphatic heterocycles. The molecule has 2 fully saturated rings. The van der Waals surface area contributed by atoms with Crippen molar-refractivity contribution in [3.8, 4) is 0 Å².